The number of carbonyl (C=O) groups is 2. The first kappa shape index (κ1) is 36.7. The number of hydrogen-bond acceptors (Lipinski definition) is 13. The number of carboxylic acids is 1. The molecule has 4 unspecified atom stereocenters. The summed E-state index contributed by atoms with van der Waals surface area (Å²) in [4.78, 5) is 30.5. The highest BCUT2D eigenvalue weighted by Gasteiger charge is 2.48. The molecule has 0 aromatic heterocycles. The van der Waals surface area contributed by atoms with Crippen molar-refractivity contribution in [3.05, 3.63) is 36.6 Å². The van der Waals surface area contributed by atoms with Crippen LogP contribution in [0.3, 0.4) is 0 Å². The zero-order valence-electron chi connectivity index (χ0n) is 26.4. The fourth-order valence-electron chi connectivity index (χ4n) is 6.79. The van der Waals surface area contributed by atoms with Crippen molar-refractivity contribution in [1.82, 2.24) is 5.32 Å². The van der Waals surface area contributed by atoms with Gasteiger partial charge in [-0.1, -0.05) is 18.2 Å². The maximum absolute atomic E-state index is 13.5. The van der Waals surface area contributed by atoms with Crippen LogP contribution < -0.4 is 21.1 Å². The normalized spacial score (nSPS) is 38.4. The van der Waals surface area contributed by atoms with E-state index in [-0.39, 0.29) is 30.8 Å². The Morgan fingerprint density at radius 2 is 1.87 bits per heavy atom. The zero-order valence-corrected chi connectivity index (χ0v) is 26.4. The number of nitrogens with zero attached hydrogens (tertiary/aromatic N) is 1. The highest BCUT2D eigenvalue weighted by Crippen LogP contribution is 2.37. The maximum Gasteiger partial charge on any atom is 0.338 e. The lowest BCUT2D eigenvalue weighted by atomic mass is 9.79. The number of piperidine rings is 1. The number of carboxylic acid groups (broad SMARTS) is 1. The molecule has 1 aliphatic carbocycles. The number of aliphatic hydroxyl groups excluding tert-OH is 5. The fraction of sp³-hybridized carbons (Fsp3) is 0.710. The number of hydrogen-bond donors (Lipinski definition) is 8. The highest BCUT2D eigenvalue weighted by atomic mass is 16.8. The molecular weight excluding hydrogens is 620 g/mol. The number of carbonyl (C=O) groups excluding carboxylic acids is 2. The molecule has 264 valence electrons. The van der Waals surface area contributed by atoms with Gasteiger partial charge in [0.1, 0.15) is 37.1 Å². The molecule has 12 atom stereocenters. The first-order valence-electron chi connectivity index (χ1n) is 16.0. The molecule has 16 nitrogen and oxygen atoms in total. The van der Waals surface area contributed by atoms with Crippen LogP contribution in [0.4, 0.5) is 0 Å². The van der Waals surface area contributed by atoms with Crippen molar-refractivity contribution in [3.8, 4) is 0 Å². The van der Waals surface area contributed by atoms with E-state index in [1.807, 2.05) is 0 Å². The van der Waals surface area contributed by atoms with Crippen molar-refractivity contribution in [1.29, 1.82) is 0 Å². The number of nitrogens with two attached hydrogens (primary N) is 1. The third kappa shape index (κ3) is 8.69. The molecule has 3 aliphatic heterocycles. The summed E-state index contributed by atoms with van der Waals surface area (Å²) in [6.07, 6.45) is 0.331. The van der Waals surface area contributed by atoms with Gasteiger partial charge in [0, 0.05) is 18.9 Å². The lowest BCUT2D eigenvalue weighted by Crippen LogP contribution is -3.16. The number of aliphatic hydroxyl groups is 5. The first-order valence-corrected chi connectivity index (χ1v) is 16.0. The van der Waals surface area contributed by atoms with E-state index in [1.165, 1.54) is 19.4 Å². The summed E-state index contributed by atoms with van der Waals surface area (Å²) >= 11 is 0. The second kappa shape index (κ2) is 16.8. The lowest BCUT2D eigenvalue weighted by Gasteiger charge is -2.43. The van der Waals surface area contributed by atoms with Crippen molar-refractivity contribution < 1.29 is 64.1 Å². The number of ether oxygens (including phenoxy) is 4. The Labute approximate surface area is 273 Å². The van der Waals surface area contributed by atoms with Crippen LogP contribution in [-0.2, 0) is 28.5 Å². The topological polar surface area (TPSA) is 250 Å². The van der Waals surface area contributed by atoms with Crippen LogP contribution >= 0.6 is 0 Å². The molecular formula is C31H48N4O12. The summed E-state index contributed by atoms with van der Waals surface area (Å²) < 4.78 is 23.1. The van der Waals surface area contributed by atoms with Gasteiger partial charge in [0.2, 0.25) is 6.29 Å². The Kier molecular flexibility index (Phi) is 13.2. The number of esters is 1. The molecule has 4 rings (SSSR count). The van der Waals surface area contributed by atoms with Crippen LogP contribution in [0.25, 0.3) is 0 Å². The molecule has 1 saturated carbocycles. The highest BCUT2D eigenvalue weighted by molar-refractivity contribution is 5.89. The third-order valence-corrected chi connectivity index (χ3v) is 9.43. The number of quaternary nitrogens is 1. The summed E-state index contributed by atoms with van der Waals surface area (Å²) in [5, 5.41) is 65.5. The van der Waals surface area contributed by atoms with E-state index in [0.29, 0.717) is 13.1 Å². The van der Waals surface area contributed by atoms with Gasteiger partial charge in [-0.3, -0.25) is 4.99 Å². The van der Waals surface area contributed by atoms with Crippen molar-refractivity contribution in [3.63, 3.8) is 0 Å². The Bertz CT molecular complexity index is 1180. The fourth-order valence-corrected chi connectivity index (χ4v) is 6.79. The molecule has 3 heterocycles. The van der Waals surface area contributed by atoms with Gasteiger partial charge < -0.3 is 70.3 Å². The molecule has 16 heteroatoms. The molecule has 0 bridgehead atoms. The molecule has 0 aromatic carbocycles. The molecule has 2 saturated heterocycles. The average Bonchev–Trinajstić information content (AvgIpc) is 3.57. The molecule has 0 aromatic rings. The number of aliphatic imine (C=N–C) groups is 1. The average molecular weight is 669 g/mol. The van der Waals surface area contributed by atoms with Gasteiger partial charge >= 0.3 is 5.97 Å². The van der Waals surface area contributed by atoms with Crippen LogP contribution in [0.2, 0.25) is 0 Å². The summed E-state index contributed by atoms with van der Waals surface area (Å²) in [5.41, 5.74) is 6.11. The predicted molar refractivity (Wildman–Crippen MR) is 162 cm³/mol. The van der Waals surface area contributed by atoms with Crippen LogP contribution in [0.5, 0.6) is 0 Å². The van der Waals surface area contributed by atoms with Gasteiger partial charge in [0.15, 0.2) is 12.2 Å². The molecule has 0 spiro atoms. The van der Waals surface area contributed by atoms with E-state index in [4.69, 9.17) is 24.7 Å². The second-order valence-electron chi connectivity index (χ2n) is 12.4. The number of rotatable bonds is 12. The SMILES string of the molecule is C=C[C@H]1[C@H](O[C@H]2O[C@H](CO)[C@@H](O)[C@H](O)[C@H]2O)OC=C(C(=O)OC2CCCC2)[C@@H]1C=CC1C[NH+](CCO)CC(C(=O)[O-])C1NC(N)=NC. The Morgan fingerprint density at radius 3 is 2.49 bits per heavy atom. The van der Waals surface area contributed by atoms with Crippen molar-refractivity contribution >= 4 is 17.9 Å². The Balaban J connectivity index is 1.67. The van der Waals surface area contributed by atoms with E-state index in [0.717, 1.165) is 30.6 Å². The Hall–Kier alpha value is -3.09. The number of likely N-dealkylation sites (tertiary alicyclic amines) is 1. The number of guanidine groups is 1. The number of nitrogens with one attached hydrogen (secondary N) is 2. The van der Waals surface area contributed by atoms with Crippen LogP contribution in [0.1, 0.15) is 25.7 Å². The minimum Gasteiger partial charge on any atom is -0.550 e. The van der Waals surface area contributed by atoms with Gasteiger partial charge in [0.05, 0.1) is 62.0 Å². The van der Waals surface area contributed by atoms with Gasteiger partial charge in [-0.15, -0.1) is 6.58 Å². The standard InChI is InChI=1S/C31H48N4O12/c1-3-18-19(9-8-16-12-35(10-11-36)13-20(27(41)42)23(16)34-31(32)33-2)21(28(43)45-17-6-4-5-7-17)15-44-29(18)47-30-26(40)25(39)24(38)22(14-37)46-30/h3,8-9,15-20,22-26,29-30,36-40H,1,4-7,10-14H2,2H3,(H,41,42)(H3,32,33,34)/t16?,18-,19-,20?,22-,23?,24-,25+,26-,29+,30-/m1/s1. The third-order valence-electron chi connectivity index (χ3n) is 9.43. The van der Waals surface area contributed by atoms with Crippen LogP contribution in [0.15, 0.2) is 41.6 Å². The summed E-state index contributed by atoms with van der Waals surface area (Å²) in [5.74, 6) is -4.92. The summed E-state index contributed by atoms with van der Waals surface area (Å²) in [6, 6.07) is -0.733. The summed E-state index contributed by atoms with van der Waals surface area (Å²) in [6.45, 7) is 4.00. The summed E-state index contributed by atoms with van der Waals surface area (Å²) in [7, 11) is 1.46. The van der Waals surface area contributed by atoms with Crippen LogP contribution in [-0.4, -0.2) is 132 Å². The molecule has 0 radical (unpaired) electrons. The molecule has 47 heavy (non-hydrogen) atoms. The van der Waals surface area contributed by atoms with Crippen molar-refractivity contribution in [2.24, 2.45) is 34.4 Å². The number of aliphatic carboxylic acids is 1. The zero-order chi connectivity index (χ0) is 34.2. The monoisotopic (exact) mass is 668 g/mol. The van der Waals surface area contributed by atoms with E-state index in [2.05, 4.69) is 16.9 Å². The largest absolute Gasteiger partial charge is 0.550 e. The van der Waals surface area contributed by atoms with E-state index in [1.54, 1.807) is 12.2 Å². The van der Waals surface area contributed by atoms with Gasteiger partial charge in [-0.25, -0.2) is 4.79 Å². The molecule has 9 N–H and O–H groups in total. The van der Waals surface area contributed by atoms with Gasteiger partial charge in [-0.05, 0) is 25.7 Å². The van der Waals surface area contributed by atoms with Gasteiger partial charge in [-0.2, -0.15) is 0 Å². The molecule has 0 amide bonds. The van der Waals surface area contributed by atoms with Crippen molar-refractivity contribution in [2.45, 2.75) is 74.8 Å². The molecule has 4 aliphatic rings. The van der Waals surface area contributed by atoms with Crippen LogP contribution in [0, 0.1) is 23.7 Å². The minimum atomic E-state index is -1.70. The van der Waals surface area contributed by atoms with Gasteiger partial charge in [0.25, 0.3) is 0 Å². The smallest absolute Gasteiger partial charge is 0.338 e. The van der Waals surface area contributed by atoms with E-state index >= 15 is 0 Å². The van der Waals surface area contributed by atoms with Crippen molar-refractivity contribution in [2.75, 3.05) is 39.9 Å². The minimum absolute atomic E-state index is 0.0361. The van der Waals surface area contributed by atoms with E-state index < -0.39 is 85.3 Å². The number of allylic oxidation sites excluding steroid dienone is 1. The molecule has 3 fully saturated rings. The maximum atomic E-state index is 13.5. The van der Waals surface area contributed by atoms with E-state index in [9.17, 15) is 40.2 Å². The first-order chi connectivity index (χ1) is 22.5. The Morgan fingerprint density at radius 1 is 1.15 bits per heavy atom. The second-order valence-corrected chi connectivity index (χ2v) is 12.4. The lowest BCUT2D eigenvalue weighted by molar-refractivity contribution is -0.911. The predicted octanol–water partition coefficient (Wildman–Crippen LogP) is -4.72. The quantitative estimate of drug-likeness (QED) is 0.0421.